The average Bonchev–Trinajstić information content (AvgIpc) is 2.63. The molecule has 0 aliphatic carbocycles. The van der Waals surface area contributed by atoms with Crippen molar-refractivity contribution in [1.29, 1.82) is 0 Å². The quantitative estimate of drug-likeness (QED) is 0.678. The van der Waals surface area contributed by atoms with Crippen LogP contribution in [0.3, 0.4) is 0 Å². The maximum atomic E-state index is 12.3. The molecule has 2 aromatic rings. The highest BCUT2D eigenvalue weighted by molar-refractivity contribution is 5.92. The monoisotopic (exact) mass is 344 g/mol. The minimum Gasteiger partial charge on any atom is -0.497 e. The van der Waals surface area contributed by atoms with E-state index in [0.29, 0.717) is 30.5 Å². The van der Waals surface area contributed by atoms with Crippen molar-refractivity contribution in [3.8, 4) is 5.75 Å². The number of hydrogen-bond acceptors (Lipinski definition) is 6. The topological polar surface area (TPSA) is 85.4 Å². The number of aryl methyl sites for hydroxylation is 1. The third-order valence-electron chi connectivity index (χ3n) is 3.51. The SMILES string of the molecule is COCCCNc1cc(C(=O)NCc2ccc(OC)cc2)nc(C)n1. The van der Waals surface area contributed by atoms with Crippen LogP contribution in [0.2, 0.25) is 0 Å². The molecular formula is C18H24N4O3. The maximum absolute atomic E-state index is 12.3. The van der Waals surface area contributed by atoms with Gasteiger partial charge in [-0.3, -0.25) is 4.79 Å². The van der Waals surface area contributed by atoms with Crippen molar-refractivity contribution in [2.45, 2.75) is 19.9 Å². The number of carbonyl (C=O) groups is 1. The van der Waals surface area contributed by atoms with Crippen molar-refractivity contribution in [3.63, 3.8) is 0 Å². The van der Waals surface area contributed by atoms with Crippen LogP contribution in [-0.2, 0) is 11.3 Å². The van der Waals surface area contributed by atoms with Crippen molar-refractivity contribution in [3.05, 3.63) is 47.4 Å². The Labute approximate surface area is 147 Å². The molecule has 0 saturated heterocycles. The second kappa shape index (κ2) is 9.58. The predicted molar refractivity (Wildman–Crippen MR) is 95.9 cm³/mol. The van der Waals surface area contributed by atoms with E-state index in [1.807, 2.05) is 24.3 Å². The van der Waals surface area contributed by atoms with Gasteiger partial charge in [-0.1, -0.05) is 12.1 Å². The Morgan fingerprint density at radius 1 is 1.16 bits per heavy atom. The van der Waals surface area contributed by atoms with Gasteiger partial charge in [-0.2, -0.15) is 0 Å². The largest absolute Gasteiger partial charge is 0.497 e. The minimum absolute atomic E-state index is 0.235. The molecule has 0 spiro atoms. The first-order valence-electron chi connectivity index (χ1n) is 8.12. The van der Waals surface area contributed by atoms with Crippen molar-refractivity contribution in [2.75, 3.05) is 32.7 Å². The molecule has 7 nitrogen and oxygen atoms in total. The molecule has 0 fully saturated rings. The number of rotatable bonds is 9. The van der Waals surface area contributed by atoms with E-state index in [2.05, 4.69) is 20.6 Å². The molecule has 25 heavy (non-hydrogen) atoms. The van der Waals surface area contributed by atoms with Crippen LogP contribution in [0.25, 0.3) is 0 Å². The zero-order chi connectivity index (χ0) is 18.1. The highest BCUT2D eigenvalue weighted by atomic mass is 16.5. The Hall–Kier alpha value is -2.67. The molecule has 1 heterocycles. The molecule has 0 aliphatic rings. The van der Waals surface area contributed by atoms with Gasteiger partial charge in [0.15, 0.2) is 0 Å². The lowest BCUT2D eigenvalue weighted by atomic mass is 10.2. The Morgan fingerprint density at radius 2 is 1.92 bits per heavy atom. The van der Waals surface area contributed by atoms with Crippen LogP contribution >= 0.6 is 0 Å². The van der Waals surface area contributed by atoms with E-state index in [4.69, 9.17) is 9.47 Å². The summed E-state index contributed by atoms with van der Waals surface area (Å²) in [6.45, 7) is 3.58. The molecule has 134 valence electrons. The van der Waals surface area contributed by atoms with Gasteiger partial charge in [0.25, 0.3) is 5.91 Å². The van der Waals surface area contributed by atoms with Crippen LogP contribution in [0, 0.1) is 6.92 Å². The lowest BCUT2D eigenvalue weighted by Crippen LogP contribution is -2.24. The smallest absolute Gasteiger partial charge is 0.270 e. The van der Waals surface area contributed by atoms with E-state index in [1.165, 1.54) is 0 Å². The minimum atomic E-state index is -0.235. The normalized spacial score (nSPS) is 10.4. The van der Waals surface area contributed by atoms with Crippen LogP contribution in [0.1, 0.15) is 28.3 Å². The molecule has 1 aromatic carbocycles. The molecule has 0 aliphatic heterocycles. The zero-order valence-electron chi connectivity index (χ0n) is 14.8. The third-order valence-corrected chi connectivity index (χ3v) is 3.51. The van der Waals surface area contributed by atoms with Gasteiger partial charge in [0.2, 0.25) is 0 Å². The number of methoxy groups -OCH3 is 2. The van der Waals surface area contributed by atoms with Crippen LogP contribution in [0.4, 0.5) is 5.82 Å². The van der Waals surface area contributed by atoms with E-state index in [9.17, 15) is 4.79 Å². The number of nitrogens with zero attached hydrogens (tertiary/aromatic N) is 2. The summed E-state index contributed by atoms with van der Waals surface area (Å²) in [7, 11) is 3.29. The summed E-state index contributed by atoms with van der Waals surface area (Å²) >= 11 is 0. The molecule has 1 amide bonds. The third kappa shape index (κ3) is 6.04. The fourth-order valence-corrected chi connectivity index (χ4v) is 2.22. The van der Waals surface area contributed by atoms with E-state index in [0.717, 1.165) is 24.3 Å². The molecule has 0 atom stereocenters. The maximum Gasteiger partial charge on any atom is 0.270 e. The lowest BCUT2D eigenvalue weighted by molar-refractivity contribution is 0.0945. The average molecular weight is 344 g/mol. The fraction of sp³-hybridized carbons (Fsp3) is 0.389. The molecule has 2 N–H and O–H groups in total. The number of anilines is 1. The second-order valence-electron chi connectivity index (χ2n) is 5.49. The Bertz CT molecular complexity index is 689. The zero-order valence-corrected chi connectivity index (χ0v) is 14.8. The number of nitrogens with one attached hydrogen (secondary N) is 2. The Balaban J connectivity index is 1.94. The Morgan fingerprint density at radius 3 is 2.60 bits per heavy atom. The fourth-order valence-electron chi connectivity index (χ4n) is 2.22. The summed E-state index contributed by atoms with van der Waals surface area (Å²) in [4.78, 5) is 20.9. The first-order chi connectivity index (χ1) is 12.1. The standard InChI is InChI=1S/C18H24N4O3/c1-13-21-16(11-17(22-13)19-9-4-10-24-2)18(23)20-12-14-5-7-15(25-3)8-6-14/h5-8,11H,4,9-10,12H2,1-3H3,(H,20,23)(H,19,21,22). The summed E-state index contributed by atoms with van der Waals surface area (Å²) in [6, 6.07) is 9.19. The van der Waals surface area contributed by atoms with E-state index in [-0.39, 0.29) is 5.91 Å². The molecule has 1 aromatic heterocycles. The van der Waals surface area contributed by atoms with Crippen LogP contribution in [0.15, 0.2) is 30.3 Å². The van der Waals surface area contributed by atoms with Gasteiger partial charge < -0.3 is 20.1 Å². The van der Waals surface area contributed by atoms with Crippen molar-refractivity contribution < 1.29 is 14.3 Å². The number of aromatic nitrogens is 2. The van der Waals surface area contributed by atoms with Gasteiger partial charge in [0, 0.05) is 32.9 Å². The number of amides is 1. The van der Waals surface area contributed by atoms with Gasteiger partial charge in [-0.15, -0.1) is 0 Å². The Kier molecular flexibility index (Phi) is 7.16. The number of ether oxygens (including phenoxy) is 2. The van der Waals surface area contributed by atoms with Crippen LogP contribution in [-0.4, -0.2) is 43.2 Å². The van der Waals surface area contributed by atoms with Crippen LogP contribution in [0.5, 0.6) is 5.75 Å². The van der Waals surface area contributed by atoms with Gasteiger partial charge in [0.05, 0.1) is 7.11 Å². The summed E-state index contributed by atoms with van der Waals surface area (Å²) in [5.41, 5.74) is 1.33. The van der Waals surface area contributed by atoms with E-state index < -0.39 is 0 Å². The lowest BCUT2D eigenvalue weighted by Gasteiger charge is -2.09. The molecule has 0 radical (unpaired) electrons. The summed E-state index contributed by atoms with van der Waals surface area (Å²) in [5, 5.41) is 6.04. The number of carbonyl (C=O) groups excluding carboxylic acids is 1. The van der Waals surface area contributed by atoms with Gasteiger partial charge in [-0.05, 0) is 31.0 Å². The first-order valence-corrected chi connectivity index (χ1v) is 8.12. The molecule has 2 rings (SSSR count). The molecule has 0 unspecified atom stereocenters. The van der Waals surface area contributed by atoms with Crippen LogP contribution < -0.4 is 15.4 Å². The van der Waals surface area contributed by atoms with Crippen molar-refractivity contribution in [1.82, 2.24) is 15.3 Å². The highest BCUT2D eigenvalue weighted by Crippen LogP contribution is 2.11. The summed E-state index contributed by atoms with van der Waals surface area (Å²) in [6.07, 6.45) is 0.860. The number of benzene rings is 1. The summed E-state index contributed by atoms with van der Waals surface area (Å²) < 4.78 is 10.1. The predicted octanol–water partition coefficient (Wildman–Crippen LogP) is 2.17. The van der Waals surface area contributed by atoms with Gasteiger partial charge >= 0.3 is 0 Å². The highest BCUT2D eigenvalue weighted by Gasteiger charge is 2.10. The molecule has 0 saturated carbocycles. The van der Waals surface area contributed by atoms with E-state index >= 15 is 0 Å². The number of hydrogen-bond donors (Lipinski definition) is 2. The van der Waals surface area contributed by atoms with E-state index in [1.54, 1.807) is 27.2 Å². The van der Waals surface area contributed by atoms with Crippen molar-refractivity contribution in [2.24, 2.45) is 0 Å². The first kappa shape index (κ1) is 18.7. The van der Waals surface area contributed by atoms with Gasteiger partial charge in [-0.25, -0.2) is 9.97 Å². The molecule has 0 bridgehead atoms. The second-order valence-corrected chi connectivity index (χ2v) is 5.49. The molecule has 7 heteroatoms. The van der Waals surface area contributed by atoms with Gasteiger partial charge in [0.1, 0.15) is 23.1 Å². The molecular weight excluding hydrogens is 320 g/mol. The van der Waals surface area contributed by atoms with Crippen molar-refractivity contribution >= 4 is 11.7 Å². The summed E-state index contributed by atoms with van der Waals surface area (Å²) in [5.74, 6) is 1.73.